The van der Waals surface area contributed by atoms with Crippen molar-refractivity contribution in [3.05, 3.63) is 28.2 Å². The van der Waals surface area contributed by atoms with E-state index in [2.05, 4.69) is 20.7 Å². The lowest BCUT2D eigenvalue weighted by molar-refractivity contribution is -0.143. The summed E-state index contributed by atoms with van der Waals surface area (Å²) in [5.41, 5.74) is 6.16. The predicted molar refractivity (Wildman–Crippen MR) is 69.0 cm³/mol. The molecular weight excluding hydrogens is 324 g/mol. The fraction of sp³-hybridized carbons (Fsp3) is 0.417. The molecule has 0 heterocycles. The number of esters is 1. The van der Waals surface area contributed by atoms with E-state index in [1.54, 1.807) is 19.1 Å². The number of benzene rings is 1. The van der Waals surface area contributed by atoms with Gasteiger partial charge >= 0.3 is 12.6 Å². The van der Waals surface area contributed by atoms with Crippen LogP contribution in [0.15, 0.2) is 22.7 Å². The smallest absolute Gasteiger partial charge is 0.387 e. The van der Waals surface area contributed by atoms with Crippen LogP contribution in [0.25, 0.3) is 0 Å². The van der Waals surface area contributed by atoms with Gasteiger partial charge in [-0.25, -0.2) is 0 Å². The number of halogens is 3. The lowest BCUT2D eigenvalue weighted by atomic mass is 10.0. The molecule has 0 bridgehead atoms. The first kappa shape index (κ1) is 15.8. The van der Waals surface area contributed by atoms with Crippen molar-refractivity contribution in [2.24, 2.45) is 5.73 Å². The molecule has 1 aromatic rings. The van der Waals surface area contributed by atoms with E-state index in [-0.39, 0.29) is 18.8 Å². The van der Waals surface area contributed by atoms with Gasteiger partial charge in [0.1, 0.15) is 5.75 Å². The average molecular weight is 338 g/mol. The fourth-order valence-corrected chi connectivity index (χ4v) is 2.22. The molecule has 0 spiro atoms. The summed E-state index contributed by atoms with van der Waals surface area (Å²) in [7, 11) is 0. The van der Waals surface area contributed by atoms with Gasteiger partial charge in [-0.15, -0.1) is 0 Å². The molecule has 0 saturated carbocycles. The summed E-state index contributed by atoms with van der Waals surface area (Å²) in [6, 6.07) is 3.77. The van der Waals surface area contributed by atoms with Crippen LogP contribution in [0.3, 0.4) is 0 Å². The third kappa shape index (κ3) is 4.76. The van der Waals surface area contributed by atoms with Crippen LogP contribution in [0.5, 0.6) is 5.75 Å². The van der Waals surface area contributed by atoms with E-state index < -0.39 is 18.6 Å². The van der Waals surface area contributed by atoms with Crippen molar-refractivity contribution < 1.29 is 23.0 Å². The predicted octanol–water partition coefficient (Wildman–Crippen LogP) is 3.00. The monoisotopic (exact) mass is 337 g/mol. The highest BCUT2D eigenvalue weighted by molar-refractivity contribution is 9.10. The lowest BCUT2D eigenvalue weighted by Crippen LogP contribution is -2.19. The number of hydrogen-bond donors (Lipinski definition) is 1. The molecule has 0 saturated heterocycles. The maximum absolute atomic E-state index is 12.3. The van der Waals surface area contributed by atoms with Crippen molar-refractivity contribution in [2.75, 3.05) is 6.61 Å². The molecule has 0 aliphatic carbocycles. The Morgan fingerprint density at radius 2 is 2.16 bits per heavy atom. The van der Waals surface area contributed by atoms with Gasteiger partial charge in [0.25, 0.3) is 0 Å². The van der Waals surface area contributed by atoms with Crippen molar-refractivity contribution >= 4 is 21.9 Å². The normalized spacial score (nSPS) is 12.3. The Balaban J connectivity index is 2.93. The first-order valence-corrected chi connectivity index (χ1v) is 6.39. The third-order valence-corrected chi connectivity index (χ3v) is 2.98. The maximum Gasteiger partial charge on any atom is 0.387 e. The van der Waals surface area contributed by atoms with Crippen LogP contribution in [0.1, 0.15) is 24.9 Å². The zero-order valence-corrected chi connectivity index (χ0v) is 11.8. The Morgan fingerprint density at radius 1 is 1.47 bits per heavy atom. The summed E-state index contributed by atoms with van der Waals surface area (Å²) in [6.45, 7) is -1.04. The van der Waals surface area contributed by atoms with Crippen molar-refractivity contribution in [2.45, 2.75) is 26.0 Å². The second kappa shape index (κ2) is 7.40. The second-order valence-electron chi connectivity index (χ2n) is 3.65. The van der Waals surface area contributed by atoms with Crippen molar-refractivity contribution in [1.82, 2.24) is 0 Å². The summed E-state index contributed by atoms with van der Waals surface area (Å²) < 4.78 is 34.3. The van der Waals surface area contributed by atoms with E-state index in [1.807, 2.05) is 0 Å². The molecule has 1 rings (SSSR count). The first-order chi connectivity index (χ1) is 8.95. The van der Waals surface area contributed by atoms with Gasteiger partial charge < -0.3 is 15.2 Å². The van der Waals surface area contributed by atoms with Crippen molar-refractivity contribution in [3.63, 3.8) is 0 Å². The number of carbonyl (C=O) groups excluding carboxylic acids is 1. The molecule has 1 atom stereocenters. The number of nitrogens with two attached hydrogens (primary N) is 1. The summed E-state index contributed by atoms with van der Waals surface area (Å²) in [5, 5.41) is 0. The number of ether oxygens (including phenoxy) is 2. The highest BCUT2D eigenvalue weighted by Gasteiger charge is 2.21. The Morgan fingerprint density at radius 3 is 2.74 bits per heavy atom. The summed E-state index contributed by atoms with van der Waals surface area (Å²) in [6.07, 6.45) is -0.115. The fourth-order valence-electron chi connectivity index (χ4n) is 1.58. The molecule has 19 heavy (non-hydrogen) atoms. The van der Waals surface area contributed by atoms with Gasteiger partial charge in [0.2, 0.25) is 0 Å². The molecule has 0 aromatic heterocycles. The molecule has 1 unspecified atom stereocenters. The van der Waals surface area contributed by atoms with E-state index in [9.17, 15) is 13.6 Å². The van der Waals surface area contributed by atoms with Gasteiger partial charge in [0.05, 0.1) is 13.0 Å². The minimum absolute atomic E-state index is 0.0545. The van der Waals surface area contributed by atoms with E-state index in [1.165, 1.54) is 6.07 Å². The molecular formula is C12H14BrF2NO3. The van der Waals surface area contributed by atoms with E-state index in [4.69, 9.17) is 10.5 Å². The molecule has 0 amide bonds. The van der Waals surface area contributed by atoms with Gasteiger partial charge in [-0.2, -0.15) is 8.78 Å². The number of rotatable bonds is 6. The standard InChI is InChI=1S/C12H14BrF2NO3/c1-2-18-10(17)6-8(16)11-7(13)4-3-5-9(11)19-12(14)15/h3-5,8,12H,2,6,16H2,1H3. The quantitative estimate of drug-likeness (QED) is 0.810. The lowest BCUT2D eigenvalue weighted by Gasteiger charge is -2.17. The van der Waals surface area contributed by atoms with Gasteiger partial charge in [-0.3, -0.25) is 4.79 Å². The molecule has 4 nitrogen and oxygen atoms in total. The summed E-state index contributed by atoms with van der Waals surface area (Å²) in [4.78, 5) is 11.4. The van der Waals surface area contributed by atoms with E-state index in [0.717, 1.165) is 0 Å². The van der Waals surface area contributed by atoms with Gasteiger partial charge in [-0.05, 0) is 19.1 Å². The third-order valence-electron chi connectivity index (χ3n) is 2.29. The van der Waals surface area contributed by atoms with Gasteiger partial charge in [-0.1, -0.05) is 22.0 Å². The maximum atomic E-state index is 12.3. The number of alkyl halides is 2. The molecule has 106 valence electrons. The highest BCUT2D eigenvalue weighted by Crippen LogP contribution is 2.33. The van der Waals surface area contributed by atoms with Crippen LogP contribution >= 0.6 is 15.9 Å². The molecule has 0 fully saturated rings. The van der Waals surface area contributed by atoms with Crippen LogP contribution < -0.4 is 10.5 Å². The van der Waals surface area contributed by atoms with Crippen molar-refractivity contribution in [1.29, 1.82) is 0 Å². The zero-order chi connectivity index (χ0) is 14.4. The van der Waals surface area contributed by atoms with Gasteiger partial charge in [0.15, 0.2) is 0 Å². The molecule has 7 heteroatoms. The number of carbonyl (C=O) groups is 1. The summed E-state index contributed by atoms with van der Waals surface area (Å²) >= 11 is 3.21. The van der Waals surface area contributed by atoms with Crippen molar-refractivity contribution in [3.8, 4) is 5.75 Å². The molecule has 0 aliphatic rings. The Hall–Kier alpha value is -1.21. The largest absolute Gasteiger partial charge is 0.466 e. The minimum Gasteiger partial charge on any atom is -0.466 e. The van der Waals surface area contributed by atoms with Crippen LogP contribution in [0, 0.1) is 0 Å². The Bertz CT molecular complexity index is 443. The van der Waals surface area contributed by atoms with Crippen LogP contribution in [-0.2, 0) is 9.53 Å². The molecule has 0 radical (unpaired) electrons. The minimum atomic E-state index is -2.96. The van der Waals surface area contributed by atoms with Crippen LogP contribution in [0.4, 0.5) is 8.78 Å². The SMILES string of the molecule is CCOC(=O)CC(N)c1c(Br)cccc1OC(F)F. The Labute approximate surface area is 118 Å². The molecule has 1 aromatic carbocycles. The van der Waals surface area contributed by atoms with Crippen LogP contribution in [0.2, 0.25) is 0 Å². The first-order valence-electron chi connectivity index (χ1n) is 5.60. The van der Waals surface area contributed by atoms with E-state index in [0.29, 0.717) is 10.0 Å². The highest BCUT2D eigenvalue weighted by atomic mass is 79.9. The average Bonchev–Trinajstić information content (AvgIpc) is 2.27. The van der Waals surface area contributed by atoms with Crippen LogP contribution in [-0.4, -0.2) is 19.2 Å². The molecule has 2 N–H and O–H groups in total. The van der Waals surface area contributed by atoms with E-state index >= 15 is 0 Å². The second-order valence-corrected chi connectivity index (χ2v) is 4.50. The zero-order valence-electron chi connectivity index (χ0n) is 10.2. The Kier molecular flexibility index (Phi) is 6.17. The molecule has 0 aliphatic heterocycles. The summed E-state index contributed by atoms with van der Waals surface area (Å²) in [5.74, 6) is -0.546. The number of hydrogen-bond acceptors (Lipinski definition) is 4. The van der Waals surface area contributed by atoms with Gasteiger partial charge in [0, 0.05) is 16.1 Å². The topological polar surface area (TPSA) is 61.5 Å².